The lowest BCUT2D eigenvalue weighted by atomic mass is 10.2. The van der Waals surface area contributed by atoms with Gasteiger partial charge in [0, 0.05) is 43.6 Å². The van der Waals surface area contributed by atoms with Gasteiger partial charge in [-0.25, -0.2) is 9.97 Å². The zero-order chi connectivity index (χ0) is 19.5. The molecule has 4 rings (SSSR count). The highest BCUT2D eigenvalue weighted by Gasteiger charge is 2.11. The second kappa shape index (κ2) is 7.43. The SMILES string of the molecule is CN(C)C(=O)Cn1cc(Nc2nc(-c3ccncc3)nc3ccccc23)cn1. The molecule has 0 aliphatic rings. The number of likely N-dealkylation sites (N-methyl/N-ethyl adjacent to an activating group) is 1. The summed E-state index contributed by atoms with van der Waals surface area (Å²) in [7, 11) is 3.44. The van der Waals surface area contributed by atoms with E-state index < -0.39 is 0 Å². The molecule has 28 heavy (non-hydrogen) atoms. The van der Waals surface area contributed by atoms with E-state index in [1.165, 1.54) is 4.90 Å². The quantitative estimate of drug-likeness (QED) is 0.579. The average molecular weight is 373 g/mol. The lowest BCUT2D eigenvalue weighted by Gasteiger charge is -2.10. The Labute approximate surface area is 161 Å². The van der Waals surface area contributed by atoms with Gasteiger partial charge in [-0.05, 0) is 24.3 Å². The van der Waals surface area contributed by atoms with Crippen molar-refractivity contribution in [1.82, 2.24) is 29.6 Å². The molecule has 1 aromatic carbocycles. The number of amides is 1. The normalized spacial score (nSPS) is 10.8. The highest BCUT2D eigenvalue weighted by molar-refractivity contribution is 5.92. The fourth-order valence-electron chi connectivity index (χ4n) is 2.73. The highest BCUT2D eigenvalue weighted by atomic mass is 16.2. The maximum Gasteiger partial charge on any atom is 0.243 e. The van der Waals surface area contributed by atoms with Gasteiger partial charge in [-0.3, -0.25) is 14.5 Å². The number of fused-ring (bicyclic) bond motifs is 1. The molecule has 0 aliphatic heterocycles. The zero-order valence-corrected chi connectivity index (χ0v) is 15.6. The lowest BCUT2D eigenvalue weighted by molar-refractivity contribution is -0.129. The van der Waals surface area contributed by atoms with Crippen molar-refractivity contribution >= 4 is 28.3 Å². The van der Waals surface area contributed by atoms with Gasteiger partial charge in [0.25, 0.3) is 0 Å². The van der Waals surface area contributed by atoms with E-state index in [4.69, 9.17) is 4.98 Å². The Morgan fingerprint density at radius 2 is 1.89 bits per heavy atom. The van der Waals surface area contributed by atoms with Gasteiger partial charge < -0.3 is 10.2 Å². The van der Waals surface area contributed by atoms with Crippen molar-refractivity contribution in [3.8, 4) is 11.4 Å². The van der Waals surface area contributed by atoms with Crippen LogP contribution in [-0.2, 0) is 11.3 Å². The molecule has 0 unspecified atom stereocenters. The van der Waals surface area contributed by atoms with Crippen molar-refractivity contribution in [2.24, 2.45) is 0 Å². The topological polar surface area (TPSA) is 88.8 Å². The monoisotopic (exact) mass is 373 g/mol. The molecule has 4 aromatic rings. The number of pyridine rings is 1. The fourth-order valence-corrected chi connectivity index (χ4v) is 2.73. The number of carbonyl (C=O) groups is 1. The van der Waals surface area contributed by atoms with Crippen molar-refractivity contribution in [1.29, 1.82) is 0 Å². The molecular formula is C20H19N7O. The van der Waals surface area contributed by atoms with Crippen LogP contribution in [0.4, 0.5) is 11.5 Å². The van der Waals surface area contributed by atoms with Crippen LogP contribution in [0, 0.1) is 0 Å². The van der Waals surface area contributed by atoms with Crippen molar-refractivity contribution < 1.29 is 4.79 Å². The number of rotatable bonds is 5. The minimum atomic E-state index is -0.0258. The van der Waals surface area contributed by atoms with E-state index in [1.54, 1.807) is 43.6 Å². The van der Waals surface area contributed by atoms with E-state index in [0.29, 0.717) is 11.6 Å². The second-order valence-electron chi connectivity index (χ2n) is 6.49. The van der Waals surface area contributed by atoms with Crippen molar-refractivity contribution in [2.75, 3.05) is 19.4 Å². The number of hydrogen-bond donors (Lipinski definition) is 1. The number of benzene rings is 1. The van der Waals surface area contributed by atoms with Gasteiger partial charge in [0.2, 0.25) is 5.91 Å². The number of para-hydroxylation sites is 1. The Balaban J connectivity index is 1.68. The van der Waals surface area contributed by atoms with E-state index in [0.717, 1.165) is 22.2 Å². The van der Waals surface area contributed by atoms with Crippen LogP contribution in [0.1, 0.15) is 0 Å². The molecule has 8 nitrogen and oxygen atoms in total. The number of carbonyl (C=O) groups excluding carboxylic acids is 1. The van der Waals surface area contributed by atoms with Crippen LogP contribution in [0.25, 0.3) is 22.3 Å². The van der Waals surface area contributed by atoms with Crippen molar-refractivity contribution in [2.45, 2.75) is 6.54 Å². The first-order valence-corrected chi connectivity index (χ1v) is 8.77. The van der Waals surface area contributed by atoms with Gasteiger partial charge in [0.15, 0.2) is 5.82 Å². The van der Waals surface area contributed by atoms with E-state index in [2.05, 4.69) is 20.4 Å². The van der Waals surface area contributed by atoms with E-state index >= 15 is 0 Å². The predicted molar refractivity (Wildman–Crippen MR) is 107 cm³/mol. The van der Waals surface area contributed by atoms with Gasteiger partial charge in [0.1, 0.15) is 12.4 Å². The standard InChI is InChI=1S/C20H19N7O/c1-26(2)18(28)13-27-12-15(11-22-27)23-20-16-5-3-4-6-17(16)24-19(25-20)14-7-9-21-10-8-14/h3-12H,13H2,1-2H3,(H,23,24,25). The van der Waals surface area contributed by atoms with Gasteiger partial charge in [-0.1, -0.05) is 12.1 Å². The Bertz CT molecular complexity index is 1120. The zero-order valence-electron chi connectivity index (χ0n) is 15.6. The van der Waals surface area contributed by atoms with Gasteiger partial charge in [-0.2, -0.15) is 5.10 Å². The summed E-state index contributed by atoms with van der Waals surface area (Å²) in [6, 6.07) is 11.6. The van der Waals surface area contributed by atoms with Crippen LogP contribution in [0.15, 0.2) is 61.2 Å². The summed E-state index contributed by atoms with van der Waals surface area (Å²) in [5.41, 5.74) is 2.47. The number of anilines is 2. The van der Waals surface area contributed by atoms with E-state index in [9.17, 15) is 4.79 Å². The van der Waals surface area contributed by atoms with Gasteiger partial charge in [-0.15, -0.1) is 0 Å². The van der Waals surface area contributed by atoms with Crippen LogP contribution < -0.4 is 5.32 Å². The number of hydrogen-bond acceptors (Lipinski definition) is 6. The molecule has 0 saturated heterocycles. The molecule has 140 valence electrons. The molecule has 3 heterocycles. The summed E-state index contributed by atoms with van der Waals surface area (Å²) in [6.45, 7) is 0.182. The summed E-state index contributed by atoms with van der Waals surface area (Å²) >= 11 is 0. The first kappa shape index (κ1) is 17.6. The predicted octanol–water partition coefficient (Wildman–Crippen LogP) is 2.72. The Hall–Kier alpha value is -3.81. The molecule has 0 aliphatic carbocycles. The van der Waals surface area contributed by atoms with Crippen LogP contribution in [-0.4, -0.2) is 49.6 Å². The molecule has 8 heteroatoms. The fraction of sp³-hybridized carbons (Fsp3) is 0.150. The molecule has 0 radical (unpaired) electrons. The minimum Gasteiger partial charge on any atom is -0.347 e. The summed E-state index contributed by atoms with van der Waals surface area (Å²) in [4.78, 5) is 26.8. The van der Waals surface area contributed by atoms with Crippen LogP contribution >= 0.6 is 0 Å². The van der Waals surface area contributed by atoms with E-state index in [-0.39, 0.29) is 12.5 Å². The number of aromatic nitrogens is 5. The van der Waals surface area contributed by atoms with Crippen LogP contribution in [0.3, 0.4) is 0 Å². The summed E-state index contributed by atoms with van der Waals surface area (Å²) in [5.74, 6) is 1.26. The molecule has 0 bridgehead atoms. The van der Waals surface area contributed by atoms with E-state index in [1.807, 2.05) is 36.4 Å². The molecule has 1 N–H and O–H groups in total. The smallest absolute Gasteiger partial charge is 0.243 e. The summed E-state index contributed by atoms with van der Waals surface area (Å²) < 4.78 is 1.60. The number of nitrogens with zero attached hydrogens (tertiary/aromatic N) is 6. The third-order valence-corrected chi connectivity index (χ3v) is 4.23. The largest absolute Gasteiger partial charge is 0.347 e. The van der Waals surface area contributed by atoms with Crippen LogP contribution in [0.2, 0.25) is 0 Å². The molecule has 0 spiro atoms. The first-order chi connectivity index (χ1) is 13.6. The minimum absolute atomic E-state index is 0.0258. The van der Waals surface area contributed by atoms with Gasteiger partial charge in [0.05, 0.1) is 17.4 Å². The second-order valence-corrected chi connectivity index (χ2v) is 6.49. The Morgan fingerprint density at radius 1 is 1.11 bits per heavy atom. The lowest BCUT2D eigenvalue weighted by Crippen LogP contribution is -2.26. The van der Waals surface area contributed by atoms with Gasteiger partial charge >= 0.3 is 0 Å². The Morgan fingerprint density at radius 3 is 2.68 bits per heavy atom. The van der Waals surface area contributed by atoms with Crippen LogP contribution in [0.5, 0.6) is 0 Å². The third kappa shape index (κ3) is 3.66. The number of nitrogens with one attached hydrogen (secondary N) is 1. The molecule has 0 atom stereocenters. The maximum atomic E-state index is 11.9. The molecular weight excluding hydrogens is 354 g/mol. The first-order valence-electron chi connectivity index (χ1n) is 8.77. The average Bonchev–Trinajstić information content (AvgIpc) is 3.15. The highest BCUT2D eigenvalue weighted by Crippen LogP contribution is 2.26. The summed E-state index contributed by atoms with van der Waals surface area (Å²) in [5, 5.41) is 8.46. The Kier molecular flexibility index (Phi) is 4.67. The molecule has 1 amide bonds. The summed E-state index contributed by atoms with van der Waals surface area (Å²) in [6.07, 6.45) is 6.88. The molecule has 0 fully saturated rings. The molecule has 3 aromatic heterocycles. The molecule has 0 saturated carbocycles. The van der Waals surface area contributed by atoms with Crippen molar-refractivity contribution in [3.05, 3.63) is 61.2 Å². The maximum absolute atomic E-state index is 11.9. The third-order valence-electron chi connectivity index (χ3n) is 4.23. The van der Waals surface area contributed by atoms with Crippen molar-refractivity contribution in [3.63, 3.8) is 0 Å².